The minimum atomic E-state index is -4.96. The molecular formula is C16H18F6N2O2. The topological polar surface area (TPSA) is 41.6 Å². The lowest BCUT2D eigenvalue weighted by molar-refractivity contribution is -0.143. The number of halogens is 6. The molecular weight excluding hydrogens is 366 g/mol. The molecule has 2 rings (SSSR count). The first-order valence-electron chi connectivity index (χ1n) is 7.81. The van der Waals surface area contributed by atoms with Crippen LogP contribution in [-0.4, -0.2) is 42.6 Å². The van der Waals surface area contributed by atoms with E-state index < -0.39 is 35.1 Å². The molecule has 1 aliphatic heterocycles. The summed E-state index contributed by atoms with van der Waals surface area (Å²) >= 11 is 0. The van der Waals surface area contributed by atoms with Crippen LogP contribution < -0.4 is 5.32 Å². The number of nitrogens with zero attached hydrogens (tertiary/aromatic N) is 1. The molecule has 1 aromatic rings. The quantitative estimate of drug-likeness (QED) is 0.807. The van der Waals surface area contributed by atoms with Gasteiger partial charge in [0.25, 0.3) is 0 Å². The molecule has 1 fully saturated rings. The van der Waals surface area contributed by atoms with Gasteiger partial charge in [0.05, 0.1) is 29.9 Å². The molecule has 1 heterocycles. The second kappa shape index (κ2) is 7.43. The van der Waals surface area contributed by atoms with Crippen LogP contribution in [0.25, 0.3) is 0 Å². The van der Waals surface area contributed by atoms with Gasteiger partial charge in [0.1, 0.15) is 0 Å². The van der Waals surface area contributed by atoms with Crippen molar-refractivity contribution in [1.29, 1.82) is 0 Å². The molecule has 1 saturated heterocycles. The Morgan fingerprint density at radius 3 is 1.92 bits per heavy atom. The van der Waals surface area contributed by atoms with Crippen molar-refractivity contribution >= 4 is 11.6 Å². The number of hydrogen-bond donors (Lipinski definition) is 1. The van der Waals surface area contributed by atoms with Gasteiger partial charge in [0, 0.05) is 18.8 Å². The summed E-state index contributed by atoms with van der Waals surface area (Å²) in [5, 5.41) is 2.12. The molecule has 0 unspecified atom stereocenters. The lowest BCUT2D eigenvalue weighted by atomic mass is 10.1. The Kier molecular flexibility index (Phi) is 5.86. The maximum absolute atomic E-state index is 12.8. The predicted octanol–water partition coefficient (Wildman–Crippen LogP) is 3.77. The zero-order valence-electron chi connectivity index (χ0n) is 14.0. The molecule has 26 heavy (non-hydrogen) atoms. The number of benzene rings is 1. The lowest BCUT2D eigenvalue weighted by Crippen LogP contribution is -2.48. The van der Waals surface area contributed by atoms with Crippen LogP contribution in [0.15, 0.2) is 18.2 Å². The summed E-state index contributed by atoms with van der Waals surface area (Å²) in [5.74, 6) is -0.696. The summed E-state index contributed by atoms with van der Waals surface area (Å²) in [7, 11) is 0. The fourth-order valence-corrected chi connectivity index (χ4v) is 2.84. The molecule has 10 heteroatoms. The van der Waals surface area contributed by atoms with Crippen molar-refractivity contribution in [3.05, 3.63) is 29.3 Å². The number of anilines is 1. The van der Waals surface area contributed by atoms with E-state index in [0.717, 1.165) is 0 Å². The number of alkyl halides is 6. The number of rotatable bonds is 3. The molecule has 0 saturated carbocycles. The summed E-state index contributed by atoms with van der Waals surface area (Å²) in [5.41, 5.74) is -3.50. The van der Waals surface area contributed by atoms with Crippen LogP contribution in [0.5, 0.6) is 0 Å². The van der Waals surface area contributed by atoms with Gasteiger partial charge in [0.15, 0.2) is 0 Å². The van der Waals surface area contributed by atoms with E-state index in [1.54, 1.807) is 4.90 Å². The van der Waals surface area contributed by atoms with Gasteiger partial charge in [-0.05, 0) is 32.0 Å². The van der Waals surface area contributed by atoms with E-state index in [0.29, 0.717) is 25.2 Å². The summed E-state index contributed by atoms with van der Waals surface area (Å²) < 4.78 is 82.5. The maximum atomic E-state index is 12.8. The third kappa shape index (κ3) is 5.60. The molecule has 1 aromatic carbocycles. The number of carbonyl (C=O) groups is 1. The van der Waals surface area contributed by atoms with Crippen molar-refractivity contribution in [3.8, 4) is 0 Å². The Morgan fingerprint density at radius 2 is 1.50 bits per heavy atom. The van der Waals surface area contributed by atoms with E-state index in [1.165, 1.54) is 0 Å². The van der Waals surface area contributed by atoms with E-state index in [2.05, 4.69) is 5.32 Å². The highest BCUT2D eigenvalue weighted by atomic mass is 19.4. The molecule has 4 nitrogen and oxygen atoms in total. The van der Waals surface area contributed by atoms with Crippen molar-refractivity contribution in [2.75, 3.05) is 25.0 Å². The zero-order chi connectivity index (χ0) is 19.7. The number of amides is 1. The largest absolute Gasteiger partial charge is 0.416 e. The highest BCUT2D eigenvalue weighted by Gasteiger charge is 2.37. The van der Waals surface area contributed by atoms with Crippen molar-refractivity contribution in [2.45, 2.75) is 38.4 Å². The molecule has 1 N–H and O–H groups in total. The molecule has 0 bridgehead atoms. The van der Waals surface area contributed by atoms with Gasteiger partial charge in [-0.2, -0.15) is 26.3 Å². The summed E-state index contributed by atoms with van der Waals surface area (Å²) in [6.45, 7) is 4.34. The Balaban J connectivity index is 2.16. The van der Waals surface area contributed by atoms with Crippen LogP contribution >= 0.6 is 0 Å². The molecule has 146 valence electrons. The highest BCUT2D eigenvalue weighted by molar-refractivity contribution is 5.92. The van der Waals surface area contributed by atoms with Crippen LogP contribution in [0.1, 0.15) is 25.0 Å². The first-order valence-corrected chi connectivity index (χ1v) is 7.81. The van der Waals surface area contributed by atoms with Crippen LogP contribution in [0, 0.1) is 0 Å². The normalized spacial score (nSPS) is 22.3. The molecule has 0 aromatic heterocycles. The number of carbonyl (C=O) groups excluding carboxylic acids is 1. The SMILES string of the molecule is C[C@@H]1CN(CC(=O)Nc2cc(C(F)(F)F)cc(C(F)(F)F)c2)C[C@H](C)O1. The second-order valence-electron chi connectivity index (χ2n) is 6.29. The van der Waals surface area contributed by atoms with Crippen molar-refractivity contribution < 1.29 is 35.9 Å². The number of hydrogen-bond acceptors (Lipinski definition) is 3. The monoisotopic (exact) mass is 384 g/mol. The smallest absolute Gasteiger partial charge is 0.373 e. The van der Waals surface area contributed by atoms with Gasteiger partial charge >= 0.3 is 12.4 Å². The minimum absolute atomic E-state index is 0.0149. The van der Waals surface area contributed by atoms with Gasteiger partial charge in [-0.3, -0.25) is 9.69 Å². The van der Waals surface area contributed by atoms with Gasteiger partial charge in [-0.25, -0.2) is 0 Å². The van der Waals surface area contributed by atoms with Crippen LogP contribution in [-0.2, 0) is 21.9 Å². The van der Waals surface area contributed by atoms with Gasteiger partial charge in [-0.15, -0.1) is 0 Å². The maximum Gasteiger partial charge on any atom is 0.416 e. The average Bonchev–Trinajstić information content (AvgIpc) is 2.43. The Labute approximate surface area is 146 Å². The molecule has 2 atom stereocenters. The van der Waals surface area contributed by atoms with Gasteiger partial charge in [-0.1, -0.05) is 0 Å². The number of ether oxygens (including phenoxy) is 1. The van der Waals surface area contributed by atoms with E-state index in [1.807, 2.05) is 13.8 Å². The van der Waals surface area contributed by atoms with E-state index in [9.17, 15) is 31.1 Å². The Bertz CT molecular complexity index is 617. The summed E-state index contributed by atoms with van der Waals surface area (Å²) in [6, 6.07) is 0.983. The molecule has 1 amide bonds. The number of nitrogens with one attached hydrogen (secondary N) is 1. The van der Waals surface area contributed by atoms with Crippen molar-refractivity contribution in [3.63, 3.8) is 0 Å². The zero-order valence-corrected chi connectivity index (χ0v) is 14.0. The summed E-state index contributed by atoms with van der Waals surface area (Å²) in [4.78, 5) is 13.8. The van der Waals surface area contributed by atoms with Gasteiger partial charge in [0.2, 0.25) is 5.91 Å². The first-order chi connectivity index (χ1) is 11.8. The third-order valence-corrected chi connectivity index (χ3v) is 3.73. The Hall–Kier alpha value is -1.81. The highest BCUT2D eigenvalue weighted by Crippen LogP contribution is 2.37. The molecule has 0 aliphatic carbocycles. The van der Waals surface area contributed by atoms with Crippen molar-refractivity contribution in [1.82, 2.24) is 4.90 Å². The van der Waals surface area contributed by atoms with E-state index >= 15 is 0 Å². The van der Waals surface area contributed by atoms with Crippen molar-refractivity contribution in [2.24, 2.45) is 0 Å². The van der Waals surface area contributed by atoms with E-state index in [-0.39, 0.29) is 24.8 Å². The minimum Gasteiger partial charge on any atom is -0.373 e. The van der Waals surface area contributed by atoms with Gasteiger partial charge < -0.3 is 10.1 Å². The second-order valence-corrected chi connectivity index (χ2v) is 6.29. The first kappa shape index (κ1) is 20.5. The van der Waals surface area contributed by atoms with E-state index in [4.69, 9.17) is 4.74 Å². The molecule has 0 spiro atoms. The predicted molar refractivity (Wildman–Crippen MR) is 81.5 cm³/mol. The summed E-state index contributed by atoms with van der Waals surface area (Å²) in [6.07, 6.45) is -10.2. The van der Waals surface area contributed by atoms with Crippen LogP contribution in [0.4, 0.5) is 32.0 Å². The third-order valence-electron chi connectivity index (χ3n) is 3.73. The lowest BCUT2D eigenvalue weighted by Gasteiger charge is -2.34. The molecule has 1 aliphatic rings. The Morgan fingerprint density at radius 1 is 1.04 bits per heavy atom. The van der Waals surface area contributed by atoms with Crippen LogP contribution in [0.2, 0.25) is 0 Å². The fraction of sp³-hybridized carbons (Fsp3) is 0.562. The molecule has 0 radical (unpaired) electrons. The van der Waals surface area contributed by atoms with Crippen LogP contribution in [0.3, 0.4) is 0 Å². The standard InChI is InChI=1S/C16H18F6N2O2/c1-9-6-24(7-10(2)26-9)8-14(25)23-13-4-11(15(17,18)19)3-12(5-13)16(20,21)22/h3-5,9-10H,6-8H2,1-2H3,(H,23,25)/t9-,10+. The number of morpholine rings is 1. The fourth-order valence-electron chi connectivity index (χ4n) is 2.84. The average molecular weight is 384 g/mol.